The van der Waals surface area contributed by atoms with Gasteiger partial charge in [0.15, 0.2) is 0 Å². The molecule has 0 aliphatic carbocycles. The summed E-state index contributed by atoms with van der Waals surface area (Å²) in [6, 6.07) is 3.45. The van der Waals surface area contributed by atoms with Gasteiger partial charge in [-0.1, -0.05) is 18.5 Å². The molecule has 3 heterocycles. The summed E-state index contributed by atoms with van der Waals surface area (Å²) in [5, 5.41) is 11.5. The van der Waals surface area contributed by atoms with Crippen molar-refractivity contribution < 1.29 is 14.7 Å². The number of carboxylic acid groups (broad SMARTS) is 1. The molecule has 0 bridgehead atoms. The van der Waals surface area contributed by atoms with E-state index in [1.807, 2.05) is 6.92 Å². The van der Waals surface area contributed by atoms with Gasteiger partial charge in [-0.05, 0) is 30.2 Å². The van der Waals surface area contributed by atoms with Gasteiger partial charge in [-0.15, -0.1) is 11.3 Å². The molecule has 0 saturated heterocycles. The number of carbonyl (C=O) groups is 2. The molecular weight excluding hydrogens is 310 g/mol. The van der Waals surface area contributed by atoms with Crippen LogP contribution in [0.2, 0.25) is 5.02 Å². The first-order chi connectivity index (χ1) is 10.0. The second-order valence-corrected chi connectivity index (χ2v) is 6.10. The van der Waals surface area contributed by atoms with Crippen LogP contribution in [0.1, 0.15) is 33.5 Å². The van der Waals surface area contributed by atoms with Crippen molar-refractivity contribution in [1.29, 1.82) is 0 Å². The monoisotopic (exact) mass is 321 g/mol. The van der Waals surface area contributed by atoms with Crippen LogP contribution in [0.4, 0.5) is 0 Å². The number of nitrogens with zero attached hydrogens (tertiary/aromatic N) is 1. The van der Waals surface area contributed by atoms with Crippen molar-refractivity contribution in [2.24, 2.45) is 0 Å². The third kappa shape index (κ3) is 2.22. The number of thiophene rings is 1. The van der Waals surface area contributed by atoms with Crippen molar-refractivity contribution in [3.63, 3.8) is 0 Å². The number of halogens is 1. The number of ketones is 1. The summed E-state index contributed by atoms with van der Waals surface area (Å²) >= 11 is 7.18. The van der Waals surface area contributed by atoms with Gasteiger partial charge in [-0.2, -0.15) is 0 Å². The fourth-order valence-electron chi connectivity index (χ4n) is 2.59. The van der Waals surface area contributed by atoms with Gasteiger partial charge in [0.05, 0.1) is 26.9 Å². The van der Waals surface area contributed by atoms with Crippen molar-refractivity contribution in [3.05, 3.63) is 50.4 Å². The number of allylic oxidation sites excluding steroid dienone is 1. The highest BCUT2D eigenvalue weighted by Crippen LogP contribution is 2.31. The van der Waals surface area contributed by atoms with Gasteiger partial charge in [0.1, 0.15) is 0 Å². The second kappa shape index (κ2) is 5.16. The highest BCUT2D eigenvalue weighted by molar-refractivity contribution is 7.12. The van der Waals surface area contributed by atoms with Gasteiger partial charge in [-0.25, -0.2) is 4.79 Å². The molecule has 0 radical (unpaired) electrons. The third-order valence-electron chi connectivity index (χ3n) is 3.55. The van der Waals surface area contributed by atoms with E-state index in [4.69, 9.17) is 11.6 Å². The molecule has 1 N–H and O–H groups in total. The highest BCUT2D eigenvalue weighted by Gasteiger charge is 2.28. The maximum atomic E-state index is 12.7. The maximum Gasteiger partial charge on any atom is 0.337 e. The maximum absolute atomic E-state index is 12.7. The zero-order chi connectivity index (χ0) is 15.1. The molecule has 6 heteroatoms. The largest absolute Gasteiger partial charge is 0.478 e. The molecule has 0 unspecified atom stereocenters. The summed E-state index contributed by atoms with van der Waals surface area (Å²) in [7, 11) is 0. The molecule has 0 fully saturated rings. The van der Waals surface area contributed by atoms with Crippen LogP contribution in [0.25, 0.3) is 5.57 Å². The zero-order valence-electron chi connectivity index (χ0n) is 11.2. The van der Waals surface area contributed by atoms with E-state index in [0.717, 1.165) is 5.56 Å². The molecule has 21 heavy (non-hydrogen) atoms. The van der Waals surface area contributed by atoms with Crippen LogP contribution < -0.4 is 0 Å². The minimum atomic E-state index is -0.966. The van der Waals surface area contributed by atoms with E-state index in [1.165, 1.54) is 11.3 Å². The number of hydrogen-bond acceptors (Lipinski definition) is 3. The van der Waals surface area contributed by atoms with Crippen LogP contribution in [0, 0.1) is 0 Å². The molecule has 2 aromatic heterocycles. The summed E-state index contributed by atoms with van der Waals surface area (Å²) < 4.78 is 1.78. The smallest absolute Gasteiger partial charge is 0.337 e. The van der Waals surface area contributed by atoms with E-state index < -0.39 is 5.97 Å². The Morgan fingerprint density at radius 3 is 2.76 bits per heavy atom. The van der Waals surface area contributed by atoms with Crippen molar-refractivity contribution in [1.82, 2.24) is 4.57 Å². The van der Waals surface area contributed by atoms with Gasteiger partial charge >= 0.3 is 5.97 Å². The summed E-state index contributed by atoms with van der Waals surface area (Å²) in [5.41, 5.74) is 2.29. The van der Waals surface area contributed by atoms with Crippen molar-refractivity contribution in [2.75, 3.05) is 0 Å². The summed E-state index contributed by atoms with van der Waals surface area (Å²) in [6.07, 6.45) is 2.31. The normalized spacial score (nSPS) is 13.1. The van der Waals surface area contributed by atoms with Gasteiger partial charge < -0.3 is 9.67 Å². The van der Waals surface area contributed by atoms with E-state index >= 15 is 0 Å². The van der Waals surface area contributed by atoms with E-state index in [-0.39, 0.29) is 11.4 Å². The number of rotatable bonds is 4. The van der Waals surface area contributed by atoms with Crippen LogP contribution >= 0.6 is 22.9 Å². The Balaban J connectivity index is 2.11. The summed E-state index contributed by atoms with van der Waals surface area (Å²) in [5.74, 6) is -1.07. The molecule has 1 aliphatic heterocycles. The molecule has 0 saturated carbocycles. The Kier molecular flexibility index (Phi) is 3.47. The van der Waals surface area contributed by atoms with Gasteiger partial charge in [0.2, 0.25) is 5.78 Å². The Morgan fingerprint density at radius 2 is 2.19 bits per heavy atom. The number of carboxylic acids is 1. The van der Waals surface area contributed by atoms with Crippen LogP contribution in [0.3, 0.4) is 0 Å². The number of hydrogen-bond donors (Lipinski definition) is 1. The topological polar surface area (TPSA) is 59.3 Å². The SMILES string of the molecule is CCc1cc2n(c1C(=O)c1cc(Cl)cs1)CC=C2C(=O)O. The van der Waals surface area contributed by atoms with Crippen LogP contribution in [-0.4, -0.2) is 21.4 Å². The van der Waals surface area contributed by atoms with Gasteiger partial charge in [0.25, 0.3) is 0 Å². The van der Waals surface area contributed by atoms with E-state index in [2.05, 4.69) is 0 Å². The number of fused-ring (bicyclic) bond motifs is 1. The number of carbonyl (C=O) groups excluding carboxylic acids is 1. The predicted molar refractivity (Wildman–Crippen MR) is 82.2 cm³/mol. The van der Waals surface area contributed by atoms with Crippen LogP contribution in [0.15, 0.2) is 23.6 Å². The summed E-state index contributed by atoms with van der Waals surface area (Å²) in [6.45, 7) is 2.37. The Hall–Kier alpha value is -1.85. The molecule has 0 aromatic carbocycles. The molecule has 1 aliphatic rings. The quantitative estimate of drug-likeness (QED) is 0.877. The lowest BCUT2D eigenvalue weighted by atomic mass is 10.1. The third-order valence-corrected chi connectivity index (χ3v) is 4.82. The Labute approximate surface area is 130 Å². The fourth-order valence-corrected chi connectivity index (χ4v) is 3.60. The number of aryl methyl sites for hydroxylation is 1. The first-order valence-corrected chi connectivity index (χ1v) is 7.73. The van der Waals surface area contributed by atoms with Gasteiger partial charge in [0, 0.05) is 11.9 Å². The zero-order valence-corrected chi connectivity index (χ0v) is 12.8. The minimum absolute atomic E-state index is 0.102. The van der Waals surface area contributed by atoms with Crippen LogP contribution in [-0.2, 0) is 17.8 Å². The van der Waals surface area contributed by atoms with Crippen molar-refractivity contribution in [2.45, 2.75) is 19.9 Å². The van der Waals surface area contributed by atoms with Crippen molar-refractivity contribution >= 4 is 40.3 Å². The first-order valence-electron chi connectivity index (χ1n) is 6.48. The lowest BCUT2D eigenvalue weighted by molar-refractivity contribution is -0.130. The second-order valence-electron chi connectivity index (χ2n) is 4.75. The predicted octanol–water partition coefficient (Wildman–Crippen LogP) is 3.48. The standard InChI is InChI=1S/C15H12ClNO3S/c1-2-8-5-11-10(15(19)20)3-4-17(11)13(8)14(18)12-6-9(16)7-21-12/h3,5-7H,2,4H2,1H3,(H,19,20). The summed E-state index contributed by atoms with van der Waals surface area (Å²) in [4.78, 5) is 24.5. The molecule has 0 atom stereocenters. The lowest BCUT2D eigenvalue weighted by Gasteiger charge is -2.06. The number of aliphatic carboxylic acids is 1. The molecule has 0 spiro atoms. The van der Waals surface area contributed by atoms with Crippen LogP contribution in [0.5, 0.6) is 0 Å². The lowest BCUT2D eigenvalue weighted by Crippen LogP contribution is -2.10. The Morgan fingerprint density at radius 1 is 1.43 bits per heavy atom. The molecule has 2 aromatic rings. The van der Waals surface area contributed by atoms with Crippen molar-refractivity contribution in [3.8, 4) is 0 Å². The van der Waals surface area contributed by atoms with E-state index in [9.17, 15) is 14.7 Å². The van der Waals surface area contributed by atoms with E-state index in [0.29, 0.717) is 34.3 Å². The molecule has 0 amide bonds. The molecule has 4 nitrogen and oxygen atoms in total. The van der Waals surface area contributed by atoms with Gasteiger partial charge in [-0.3, -0.25) is 4.79 Å². The Bertz CT molecular complexity index is 785. The first kappa shape index (κ1) is 14.1. The average Bonchev–Trinajstić information content (AvgIpc) is 3.10. The molecule has 108 valence electrons. The molecular formula is C15H12ClNO3S. The molecule has 3 rings (SSSR count). The minimum Gasteiger partial charge on any atom is -0.478 e. The highest BCUT2D eigenvalue weighted by atomic mass is 35.5. The average molecular weight is 322 g/mol. The number of aromatic nitrogens is 1. The fraction of sp³-hybridized carbons (Fsp3) is 0.200. The van der Waals surface area contributed by atoms with E-state index in [1.54, 1.807) is 28.2 Å².